The molecule has 1 fully saturated rings. The number of nitrogens with zero attached hydrogens (tertiary/aromatic N) is 6. The minimum atomic E-state index is -0.442. The van der Waals surface area contributed by atoms with Crippen molar-refractivity contribution in [1.29, 1.82) is 5.26 Å². The first kappa shape index (κ1) is 19.5. The molecule has 4 aromatic rings. The standard InChI is InChI=1S/C22H18ClFN6O/c23-18-9-14(31)1-2-15(18)16-10-17-20(11-19(16)24)26-12-21-22(17)30(13-27-21)29-7-5-28(4-3-25)6-8-29/h1-2,9-13,31H,4-8H2. The summed E-state index contributed by atoms with van der Waals surface area (Å²) in [6.45, 7) is 3.46. The normalized spacial score (nSPS) is 14.9. The van der Waals surface area contributed by atoms with Gasteiger partial charge >= 0.3 is 0 Å². The van der Waals surface area contributed by atoms with Gasteiger partial charge in [0.25, 0.3) is 0 Å². The van der Waals surface area contributed by atoms with Crippen molar-refractivity contribution in [2.45, 2.75) is 0 Å². The van der Waals surface area contributed by atoms with Crippen molar-refractivity contribution in [3.05, 3.63) is 53.7 Å². The zero-order chi connectivity index (χ0) is 21.5. The number of pyridine rings is 1. The molecular weight excluding hydrogens is 419 g/mol. The maximum absolute atomic E-state index is 15.0. The van der Waals surface area contributed by atoms with Gasteiger partial charge in [0.2, 0.25) is 0 Å². The third kappa shape index (κ3) is 3.42. The van der Waals surface area contributed by atoms with Gasteiger partial charge in [-0.1, -0.05) is 11.6 Å². The van der Waals surface area contributed by atoms with Crippen LogP contribution in [0.15, 0.2) is 42.9 Å². The van der Waals surface area contributed by atoms with Crippen LogP contribution in [-0.2, 0) is 0 Å². The summed E-state index contributed by atoms with van der Waals surface area (Å²) in [6, 6.07) is 9.80. The first-order chi connectivity index (χ1) is 15.0. The topological polar surface area (TPSA) is 81.2 Å². The number of halogens is 2. The Kier molecular flexibility index (Phi) is 4.85. The molecule has 31 heavy (non-hydrogen) atoms. The number of nitriles is 1. The van der Waals surface area contributed by atoms with Gasteiger partial charge in [-0.25, -0.2) is 14.1 Å². The summed E-state index contributed by atoms with van der Waals surface area (Å²) < 4.78 is 16.9. The average Bonchev–Trinajstić information content (AvgIpc) is 3.19. The molecule has 0 atom stereocenters. The summed E-state index contributed by atoms with van der Waals surface area (Å²) in [7, 11) is 0. The van der Waals surface area contributed by atoms with Crippen molar-refractivity contribution >= 4 is 33.5 Å². The van der Waals surface area contributed by atoms with Crippen molar-refractivity contribution in [3.8, 4) is 22.9 Å². The molecule has 0 amide bonds. The van der Waals surface area contributed by atoms with Gasteiger partial charge in [0, 0.05) is 48.8 Å². The molecule has 1 saturated heterocycles. The van der Waals surface area contributed by atoms with Crippen molar-refractivity contribution < 1.29 is 9.50 Å². The summed E-state index contributed by atoms with van der Waals surface area (Å²) in [5.41, 5.74) is 2.90. The summed E-state index contributed by atoms with van der Waals surface area (Å²) in [6.07, 6.45) is 3.40. The number of benzene rings is 2. The van der Waals surface area contributed by atoms with Gasteiger partial charge < -0.3 is 10.1 Å². The average molecular weight is 437 g/mol. The van der Waals surface area contributed by atoms with Crippen LogP contribution in [0.5, 0.6) is 5.75 Å². The van der Waals surface area contributed by atoms with Gasteiger partial charge in [-0.15, -0.1) is 0 Å². The van der Waals surface area contributed by atoms with E-state index < -0.39 is 5.82 Å². The van der Waals surface area contributed by atoms with E-state index in [-0.39, 0.29) is 10.8 Å². The van der Waals surface area contributed by atoms with Gasteiger partial charge in [0.05, 0.1) is 29.4 Å². The lowest BCUT2D eigenvalue weighted by molar-refractivity contribution is 0.267. The highest BCUT2D eigenvalue weighted by atomic mass is 35.5. The van der Waals surface area contributed by atoms with E-state index in [1.54, 1.807) is 24.7 Å². The van der Waals surface area contributed by atoms with Crippen molar-refractivity contribution in [2.24, 2.45) is 0 Å². The number of hydrogen-bond acceptors (Lipinski definition) is 6. The van der Waals surface area contributed by atoms with Gasteiger partial charge in [-0.2, -0.15) is 5.26 Å². The van der Waals surface area contributed by atoms with Gasteiger partial charge in [-0.3, -0.25) is 9.88 Å². The predicted molar refractivity (Wildman–Crippen MR) is 117 cm³/mol. The number of phenolic OH excluding ortho intramolecular Hbond substituents is 1. The second-order valence-electron chi connectivity index (χ2n) is 7.48. The smallest absolute Gasteiger partial charge is 0.133 e. The Hall–Kier alpha value is -3.41. The fraction of sp³-hybridized carbons (Fsp3) is 0.227. The van der Waals surface area contributed by atoms with Gasteiger partial charge in [-0.05, 0) is 24.3 Å². The number of hydrogen-bond donors (Lipinski definition) is 1. The van der Waals surface area contributed by atoms with Crippen molar-refractivity contribution in [1.82, 2.24) is 19.5 Å². The third-order valence-corrected chi connectivity index (χ3v) is 5.95. The highest BCUT2D eigenvalue weighted by molar-refractivity contribution is 6.33. The Morgan fingerprint density at radius 2 is 1.87 bits per heavy atom. The molecule has 0 saturated carbocycles. The Balaban J connectivity index is 1.64. The van der Waals surface area contributed by atoms with E-state index in [0.717, 1.165) is 37.1 Å². The summed E-state index contributed by atoms with van der Waals surface area (Å²) >= 11 is 6.28. The zero-order valence-electron chi connectivity index (χ0n) is 16.5. The lowest BCUT2D eigenvalue weighted by atomic mass is 10.0. The van der Waals surface area contributed by atoms with E-state index in [9.17, 15) is 9.50 Å². The minimum Gasteiger partial charge on any atom is -0.508 e. The van der Waals surface area contributed by atoms with Crippen molar-refractivity contribution in [3.63, 3.8) is 0 Å². The number of aromatic hydroxyl groups is 1. The molecule has 0 unspecified atom stereocenters. The van der Waals surface area contributed by atoms with Crippen LogP contribution in [-0.4, -0.2) is 57.4 Å². The van der Waals surface area contributed by atoms with Crippen LogP contribution in [0.4, 0.5) is 4.39 Å². The highest BCUT2D eigenvalue weighted by Gasteiger charge is 2.21. The molecule has 1 aliphatic heterocycles. The first-order valence-corrected chi connectivity index (χ1v) is 10.2. The largest absolute Gasteiger partial charge is 0.508 e. The predicted octanol–water partition coefficient (Wildman–Crippen LogP) is 3.53. The summed E-state index contributed by atoms with van der Waals surface area (Å²) in [5.74, 6) is -0.421. The molecule has 156 valence electrons. The second-order valence-corrected chi connectivity index (χ2v) is 7.89. The van der Waals surface area contributed by atoms with E-state index in [0.29, 0.717) is 28.7 Å². The fourth-order valence-corrected chi connectivity index (χ4v) is 4.33. The lowest BCUT2D eigenvalue weighted by Gasteiger charge is -2.35. The fourth-order valence-electron chi connectivity index (χ4n) is 4.05. The molecule has 1 aliphatic rings. The Morgan fingerprint density at radius 1 is 1.06 bits per heavy atom. The first-order valence-electron chi connectivity index (χ1n) is 9.84. The molecule has 1 N–H and O–H groups in total. The molecule has 2 aromatic heterocycles. The van der Waals surface area contributed by atoms with E-state index in [2.05, 4.69) is 25.9 Å². The monoisotopic (exact) mass is 436 g/mol. The Morgan fingerprint density at radius 3 is 2.61 bits per heavy atom. The number of piperazine rings is 1. The number of imidazole rings is 1. The van der Waals surface area contributed by atoms with Crippen LogP contribution >= 0.6 is 11.6 Å². The third-order valence-electron chi connectivity index (χ3n) is 5.63. The molecule has 5 rings (SSSR count). The summed E-state index contributed by atoms with van der Waals surface area (Å²) in [5, 5.41) is 21.8. The summed E-state index contributed by atoms with van der Waals surface area (Å²) in [4.78, 5) is 11.0. The molecule has 0 bridgehead atoms. The molecule has 2 aromatic carbocycles. The maximum Gasteiger partial charge on any atom is 0.133 e. The van der Waals surface area contributed by atoms with Crippen LogP contribution in [0.1, 0.15) is 0 Å². The SMILES string of the molecule is N#CCN1CCN(n2cnc3cnc4cc(F)c(-c5ccc(O)cc5Cl)cc4c32)CC1. The van der Waals surface area contributed by atoms with Gasteiger partial charge in [0.15, 0.2) is 0 Å². The van der Waals surface area contributed by atoms with Gasteiger partial charge in [0.1, 0.15) is 28.9 Å². The number of phenols is 1. The van der Waals surface area contributed by atoms with Crippen LogP contribution in [0.2, 0.25) is 5.02 Å². The molecule has 7 nitrogen and oxygen atoms in total. The molecule has 9 heteroatoms. The zero-order valence-corrected chi connectivity index (χ0v) is 17.2. The number of rotatable bonds is 3. The number of aromatic nitrogens is 3. The molecule has 0 spiro atoms. The molecule has 0 radical (unpaired) electrons. The van der Waals surface area contributed by atoms with Crippen LogP contribution in [0.25, 0.3) is 33.1 Å². The highest BCUT2D eigenvalue weighted by Crippen LogP contribution is 2.36. The van der Waals surface area contributed by atoms with Crippen LogP contribution in [0, 0.1) is 17.1 Å². The van der Waals surface area contributed by atoms with Crippen molar-refractivity contribution in [2.75, 3.05) is 37.7 Å². The van der Waals surface area contributed by atoms with E-state index >= 15 is 0 Å². The second kappa shape index (κ2) is 7.69. The van der Waals surface area contributed by atoms with E-state index in [1.165, 1.54) is 18.2 Å². The van der Waals surface area contributed by atoms with Crippen LogP contribution in [0.3, 0.4) is 0 Å². The maximum atomic E-state index is 15.0. The quantitative estimate of drug-likeness (QED) is 0.495. The van der Waals surface area contributed by atoms with E-state index in [1.807, 2.05) is 4.68 Å². The molecule has 0 aliphatic carbocycles. The minimum absolute atomic E-state index is 0.0209. The lowest BCUT2D eigenvalue weighted by Crippen LogP contribution is -2.50. The van der Waals surface area contributed by atoms with E-state index in [4.69, 9.17) is 16.9 Å². The Labute approximate surface area is 182 Å². The number of fused-ring (bicyclic) bond motifs is 3. The van der Waals surface area contributed by atoms with Crippen LogP contribution < -0.4 is 5.01 Å². The molecular formula is C22H18ClFN6O. The Bertz CT molecular complexity index is 1340. The molecule has 3 heterocycles.